The van der Waals surface area contributed by atoms with Gasteiger partial charge in [0.1, 0.15) is 5.60 Å². The highest BCUT2D eigenvalue weighted by atomic mass is 19.4. The summed E-state index contributed by atoms with van der Waals surface area (Å²) in [6.07, 6.45) is -5.31. The molecule has 0 aromatic carbocycles. The topological polar surface area (TPSA) is 77.4 Å². The van der Waals surface area contributed by atoms with Crippen molar-refractivity contribution in [2.45, 2.75) is 32.0 Å². The molecular formula is C15H29F3O6. The Labute approximate surface area is 140 Å². The van der Waals surface area contributed by atoms with Crippen molar-refractivity contribution >= 4 is 0 Å². The number of aliphatic hydroxyl groups is 2. The van der Waals surface area contributed by atoms with E-state index in [2.05, 4.69) is 0 Å². The molecule has 0 amide bonds. The summed E-state index contributed by atoms with van der Waals surface area (Å²) in [5.41, 5.74) is -2.07. The minimum absolute atomic E-state index is 0.0315. The number of rotatable bonds is 14. The lowest BCUT2D eigenvalue weighted by Gasteiger charge is -2.29. The molecule has 0 aliphatic heterocycles. The molecule has 0 heterocycles. The van der Waals surface area contributed by atoms with E-state index >= 15 is 0 Å². The van der Waals surface area contributed by atoms with Crippen LogP contribution >= 0.6 is 0 Å². The van der Waals surface area contributed by atoms with Crippen LogP contribution in [0.3, 0.4) is 0 Å². The average Bonchev–Trinajstić information content (AvgIpc) is 2.47. The normalized spacial score (nSPS) is 17.5. The Balaban J connectivity index is 4.04. The highest BCUT2D eigenvalue weighted by molar-refractivity contribution is 4.75. The molecule has 0 aliphatic rings. The molecule has 0 radical (unpaired) electrons. The zero-order valence-corrected chi connectivity index (χ0v) is 14.5. The van der Waals surface area contributed by atoms with E-state index in [0.29, 0.717) is 13.2 Å². The van der Waals surface area contributed by atoms with Crippen LogP contribution in [0.4, 0.5) is 13.2 Å². The second-order valence-electron chi connectivity index (χ2n) is 6.42. The van der Waals surface area contributed by atoms with Gasteiger partial charge in [0.25, 0.3) is 0 Å². The smallest absolute Gasteiger partial charge is 0.391 e. The Morgan fingerprint density at radius 1 is 0.833 bits per heavy atom. The lowest BCUT2D eigenvalue weighted by atomic mass is 9.94. The second kappa shape index (κ2) is 11.2. The number of halogens is 3. The van der Waals surface area contributed by atoms with Gasteiger partial charge in [-0.2, -0.15) is 13.2 Å². The Morgan fingerprint density at radius 3 is 1.92 bits per heavy atom. The summed E-state index contributed by atoms with van der Waals surface area (Å²) < 4.78 is 56.5. The number of alkyl halides is 3. The minimum atomic E-state index is -4.27. The molecule has 2 atom stereocenters. The molecule has 0 rings (SSSR count). The van der Waals surface area contributed by atoms with Gasteiger partial charge in [-0.1, -0.05) is 6.92 Å². The van der Waals surface area contributed by atoms with Crippen LogP contribution in [0.15, 0.2) is 0 Å². The number of hydrogen-bond donors (Lipinski definition) is 2. The van der Waals surface area contributed by atoms with Gasteiger partial charge in [0.05, 0.1) is 59.3 Å². The van der Waals surface area contributed by atoms with Gasteiger partial charge in [0.2, 0.25) is 0 Å². The van der Waals surface area contributed by atoms with Crippen molar-refractivity contribution in [2.75, 3.05) is 60.0 Å². The van der Waals surface area contributed by atoms with Crippen LogP contribution in [0.1, 0.15) is 20.3 Å². The standard InChI is InChI=1S/C15H29F3O6/c1-13(8-19,9-22-5-4-15(16,17)18)10-24-12-14(2,20)11-23-7-6-21-3/h19-20H,4-12H2,1-3H3. The molecule has 0 fully saturated rings. The molecule has 0 saturated heterocycles. The molecule has 2 N–H and O–H groups in total. The van der Waals surface area contributed by atoms with Crippen LogP contribution in [-0.2, 0) is 18.9 Å². The van der Waals surface area contributed by atoms with Gasteiger partial charge >= 0.3 is 6.18 Å². The van der Waals surface area contributed by atoms with Gasteiger partial charge in [-0.25, -0.2) is 0 Å². The maximum Gasteiger partial charge on any atom is 0.391 e. The first-order chi connectivity index (χ1) is 11.0. The zero-order valence-electron chi connectivity index (χ0n) is 14.5. The summed E-state index contributed by atoms with van der Waals surface area (Å²) >= 11 is 0. The molecule has 2 unspecified atom stereocenters. The Morgan fingerprint density at radius 2 is 1.38 bits per heavy atom. The predicted octanol–water partition coefficient (Wildman–Crippen LogP) is 1.38. The highest BCUT2D eigenvalue weighted by Crippen LogP contribution is 2.21. The molecular weight excluding hydrogens is 333 g/mol. The van der Waals surface area contributed by atoms with Crippen LogP contribution in [0, 0.1) is 5.41 Å². The summed E-state index contributed by atoms with van der Waals surface area (Å²) in [6.45, 7) is 3.10. The Kier molecular flexibility index (Phi) is 11.0. The third-order valence-electron chi connectivity index (χ3n) is 3.07. The molecule has 24 heavy (non-hydrogen) atoms. The first-order valence-electron chi connectivity index (χ1n) is 7.66. The Hall–Kier alpha value is -0.450. The van der Waals surface area contributed by atoms with Gasteiger partial charge in [-0.15, -0.1) is 0 Å². The molecule has 0 aromatic rings. The van der Waals surface area contributed by atoms with Crippen LogP contribution in [0.5, 0.6) is 0 Å². The predicted molar refractivity (Wildman–Crippen MR) is 80.8 cm³/mol. The van der Waals surface area contributed by atoms with E-state index in [4.69, 9.17) is 18.9 Å². The average molecular weight is 362 g/mol. The fourth-order valence-electron chi connectivity index (χ4n) is 1.63. The lowest BCUT2D eigenvalue weighted by molar-refractivity contribution is -0.151. The zero-order chi connectivity index (χ0) is 18.7. The van der Waals surface area contributed by atoms with Crippen molar-refractivity contribution in [3.05, 3.63) is 0 Å². The maximum atomic E-state index is 12.0. The fourth-order valence-corrected chi connectivity index (χ4v) is 1.63. The minimum Gasteiger partial charge on any atom is -0.396 e. The van der Waals surface area contributed by atoms with Gasteiger partial charge in [-0.05, 0) is 6.92 Å². The molecule has 9 heteroatoms. The van der Waals surface area contributed by atoms with E-state index in [1.54, 1.807) is 6.92 Å². The number of aliphatic hydroxyl groups excluding tert-OH is 1. The molecule has 0 saturated carbocycles. The third kappa shape index (κ3) is 12.9. The first kappa shape index (κ1) is 23.5. The van der Waals surface area contributed by atoms with Gasteiger partial charge < -0.3 is 29.2 Å². The second-order valence-corrected chi connectivity index (χ2v) is 6.42. The molecule has 6 nitrogen and oxygen atoms in total. The largest absolute Gasteiger partial charge is 0.396 e. The van der Waals surface area contributed by atoms with E-state index in [1.165, 1.54) is 14.0 Å². The quantitative estimate of drug-likeness (QED) is 0.455. The first-order valence-corrected chi connectivity index (χ1v) is 7.66. The van der Waals surface area contributed by atoms with E-state index in [-0.39, 0.29) is 33.0 Å². The summed E-state index contributed by atoms with van der Waals surface area (Å²) in [4.78, 5) is 0. The van der Waals surface area contributed by atoms with E-state index in [1.807, 2.05) is 0 Å². The van der Waals surface area contributed by atoms with Crippen LogP contribution in [0.25, 0.3) is 0 Å². The molecule has 0 spiro atoms. The van der Waals surface area contributed by atoms with Gasteiger partial charge in [-0.3, -0.25) is 0 Å². The van der Waals surface area contributed by atoms with Crippen molar-refractivity contribution in [1.82, 2.24) is 0 Å². The molecule has 0 aromatic heterocycles. The number of methoxy groups -OCH3 is 1. The SMILES string of the molecule is COCCOCC(C)(O)COCC(C)(CO)COCCC(F)(F)F. The van der Waals surface area contributed by atoms with Gasteiger partial charge in [0.15, 0.2) is 0 Å². The van der Waals surface area contributed by atoms with Gasteiger partial charge in [0, 0.05) is 12.5 Å². The maximum absolute atomic E-state index is 12.0. The third-order valence-corrected chi connectivity index (χ3v) is 3.07. The van der Waals surface area contributed by atoms with Crippen molar-refractivity contribution in [2.24, 2.45) is 5.41 Å². The van der Waals surface area contributed by atoms with Crippen molar-refractivity contribution in [3.8, 4) is 0 Å². The number of ether oxygens (including phenoxy) is 4. The van der Waals surface area contributed by atoms with Crippen molar-refractivity contribution in [1.29, 1.82) is 0 Å². The summed E-state index contributed by atoms with van der Waals surface area (Å²) in [7, 11) is 1.54. The van der Waals surface area contributed by atoms with Crippen LogP contribution < -0.4 is 0 Å². The molecule has 0 aliphatic carbocycles. The monoisotopic (exact) mass is 362 g/mol. The van der Waals surface area contributed by atoms with E-state index in [0.717, 1.165) is 0 Å². The van der Waals surface area contributed by atoms with Crippen molar-refractivity contribution < 1.29 is 42.3 Å². The summed E-state index contributed by atoms with van der Waals surface area (Å²) in [6, 6.07) is 0. The van der Waals surface area contributed by atoms with Crippen molar-refractivity contribution in [3.63, 3.8) is 0 Å². The fraction of sp³-hybridized carbons (Fsp3) is 1.00. The van der Waals surface area contributed by atoms with E-state index in [9.17, 15) is 23.4 Å². The summed E-state index contributed by atoms with van der Waals surface area (Å²) in [5.74, 6) is 0. The van der Waals surface area contributed by atoms with Crippen LogP contribution in [0.2, 0.25) is 0 Å². The molecule has 146 valence electrons. The molecule has 0 bridgehead atoms. The Bertz CT molecular complexity index is 325. The highest BCUT2D eigenvalue weighted by Gasteiger charge is 2.30. The summed E-state index contributed by atoms with van der Waals surface area (Å²) in [5, 5.41) is 19.5. The van der Waals surface area contributed by atoms with E-state index < -0.39 is 30.2 Å². The number of hydrogen-bond acceptors (Lipinski definition) is 6. The lowest BCUT2D eigenvalue weighted by Crippen LogP contribution is -2.40. The van der Waals surface area contributed by atoms with Crippen LogP contribution in [-0.4, -0.2) is 82.0 Å².